The van der Waals surface area contributed by atoms with Crippen molar-refractivity contribution >= 4 is 11.0 Å². The normalized spacial score (nSPS) is 32.1. The zero-order valence-corrected chi connectivity index (χ0v) is 21.6. The number of hydrogen-bond acceptors (Lipinski definition) is 14. The Hall–Kier alpha value is -3.31. The van der Waals surface area contributed by atoms with Crippen molar-refractivity contribution in [1.82, 2.24) is 0 Å². The number of rotatable bonds is 6. The van der Waals surface area contributed by atoms with Crippen LogP contribution in [0, 0.1) is 0 Å². The summed E-state index contributed by atoms with van der Waals surface area (Å²) >= 11 is 0. The molecule has 0 bridgehead atoms. The van der Waals surface area contributed by atoms with Crippen molar-refractivity contribution in [1.29, 1.82) is 0 Å². The molecule has 2 aliphatic rings. The molecular weight excluding hydrogens is 548 g/mol. The van der Waals surface area contributed by atoms with Crippen LogP contribution in [0.15, 0.2) is 45.6 Å². The summed E-state index contributed by atoms with van der Waals surface area (Å²) in [5.41, 5.74) is -0.843. The molecule has 2 aliphatic heterocycles. The van der Waals surface area contributed by atoms with E-state index in [9.17, 15) is 45.6 Å². The topological polar surface area (TPSA) is 229 Å². The van der Waals surface area contributed by atoms with Crippen molar-refractivity contribution < 1.29 is 64.2 Å². The van der Waals surface area contributed by atoms with E-state index in [2.05, 4.69) is 0 Å². The van der Waals surface area contributed by atoms with Crippen molar-refractivity contribution in [3.05, 3.63) is 52.2 Å². The number of hydrogen-bond donors (Lipinski definition) is 8. The van der Waals surface area contributed by atoms with Crippen molar-refractivity contribution in [2.24, 2.45) is 0 Å². The summed E-state index contributed by atoms with van der Waals surface area (Å²) in [5, 5.41) is 82.4. The fourth-order valence-corrected chi connectivity index (χ4v) is 4.92. The average Bonchev–Trinajstić information content (AvgIpc) is 2.96. The molecule has 2 aromatic carbocycles. The molecule has 9 atom stereocenters. The third-order valence-corrected chi connectivity index (χ3v) is 7.23. The minimum Gasteiger partial charge on any atom is -0.507 e. The third-order valence-electron chi connectivity index (χ3n) is 7.23. The Morgan fingerprint density at radius 1 is 0.927 bits per heavy atom. The quantitative estimate of drug-likeness (QED) is 0.167. The summed E-state index contributed by atoms with van der Waals surface area (Å²) in [6, 6.07) is 8.56. The molecule has 2 saturated heterocycles. The van der Waals surface area contributed by atoms with Crippen LogP contribution in [0.1, 0.15) is 11.7 Å². The Morgan fingerprint density at radius 2 is 1.63 bits per heavy atom. The molecule has 41 heavy (non-hydrogen) atoms. The summed E-state index contributed by atoms with van der Waals surface area (Å²) in [5.74, 6) is -0.420. The van der Waals surface area contributed by atoms with Gasteiger partial charge in [-0.25, -0.2) is 0 Å². The number of methoxy groups -OCH3 is 1. The van der Waals surface area contributed by atoms with Gasteiger partial charge in [-0.1, -0.05) is 0 Å². The van der Waals surface area contributed by atoms with Gasteiger partial charge in [-0.15, -0.1) is 0 Å². The number of aromatic hydroxyl groups is 1. The Labute approximate surface area is 231 Å². The molecule has 3 heterocycles. The number of aliphatic hydroxyl groups is 7. The lowest BCUT2D eigenvalue weighted by Gasteiger charge is -2.41. The third kappa shape index (κ3) is 5.25. The van der Waals surface area contributed by atoms with E-state index in [1.165, 1.54) is 7.11 Å². The minimum absolute atomic E-state index is 0.0278. The van der Waals surface area contributed by atoms with Crippen LogP contribution in [-0.2, 0) is 9.47 Å². The zero-order valence-electron chi connectivity index (χ0n) is 21.6. The van der Waals surface area contributed by atoms with E-state index in [4.69, 9.17) is 23.4 Å². The smallest absolute Gasteiger partial charge is 0.228 e. The van der Waals surface area contributed by atoms with Crippen LogP contribution in [0.5, 0.6) is 17.2 Å². The lowest BCUT2D eigenvalue weighted by molar-refractivity contribution is -0.244. The predicted molar refractivity (Wildman–Crippen MR) is 137 cm³/mol. The molecule has 3 aromatic rings. The number of aliphatic hydroxyl groups excluding tert-OH is 7. The van der Waals surface area contributed by atoms with Crippen LogP contribution < -0.4 is 14.9 Å². The van der Waals surface area contributed by atoms with Crippen LogP contribution in [0.25, 0.3) is 22.3 Å². The average molecular weight is 579 g/mol. The number of fused-ring (bicyclic) bond motifs is 1. The Morgan fingerprint density at radius 3 is 2.29 bits per heavy atom. The molecule has 0 unspecified atom stereocenters. The summed E-state index contributed by atoms with van der Waals surface area (Å²) in [6.07, 6.45) is -14.8. The van der Waals surface area contributed by atoms with E-state index in [-0.39, 0.29) is 28.0 Å². The monoisotopic (exact) mass is 578 g/mol. The second kappa shape index (κ2) is 11.5. The molecule has 14 heteroatoms. The van der Waals surface area contributed by atoms with Gasteiger partial charge in [-0.05, 0) is 24.3 Å². The Bertz CT molecular complexity index is 1440. The van der Waals surface area contributed by atoms with Gasteiger partial charge < -0.3 is 64.2 Å². The van der Waals surface area contributed by atoms with Gasteiger partial charge in [0.25, 0.3) is 0 Å². The number of benzene rings is 2. The highest BCUT2D eigenvalue weighted by atomic mass is 16.7. The molecule has 0 radical (unpaired) electrons. The van der Waals surface area contributed by atoms with Crippen molar-refractivity contribution in [2.45, 2.75) is 55.1 Å². The second-order valence-electron chi connectivity index (χ2n) is 9.83. The molecule has 8 N–H and O–H groups in total. The second-order valence-corrected chi connectivity index (χ2v) is 9.83. The van der Waals surface area contributed by atoms with Gasteiger partial charge in [0.05, 0.1) is 25.9 Å². The van der Waals surface area contributed by atoms with Gasteiger partial charge >= 0.3 is 0 Å². The van der Waals surface area contributed by atoms with E-state index in [0.29, 0.717) is 11.3 Å². The number of phenolic OH excluding ortho intramolecular Hbond substituents is 1. The van der Waals surface area contributed by atoms with E-state index in [1.54, 1.807) is 24.3 Å². The Balaban J connectivity index is 1.72. The number of ether oxygens (including phenoxy) is 4. The summed E-state index contributed by atoms with van der Waals surface area (Å²) < 4.78 is 28.1. The van der Waals surface area contributed by atoms with Gasteiger partial charge in [0, 0.05) is 17.7 Å². The lowest BCUT2D eigenvalue weighted by atomic mass is 9.89. The first kappa shape index (κ1) is 29.2. The highest BCUT2D eigenvalue weighted by molar-refractivity contribution is 5.89. The molecule has 2 fully saturated rings. The van der Waals surface area contributed by atoms with Gasteiger partial charge in [-0.2, -0.15) is 0 Å². The summed E-state index contributed by atoms with van der Waals surface area (Å²) in [7, 11) is 1.48. The molecule has 14 nitrogen and oxygen atoms in total. The molecule has 0 saturated carbocycles. The van der Waals surface area contributed by atoms with Crippen molar-refractivity contribution in [3.8, 4) is 28.6 Å². The van der Waals surface area contributed by atoms with Crippen LogP contribution in [0.4, 0.5) is 0 Å². The molecule has 5 rings (SSSR count). The predicted octanol–water partition coefficient (Wildman–Crippen LogP) is -1.49. The molecule has 0 aliphatic carbocycles. The van der Waals surface area contributed by atoms with E-state index >= 15 is 0 Å². The lowest BCUT2D eigenvalue weighted by Crippen LogP contribution is -2.56. The SMILES string of the molecule is COc1ccc(-c2cc(=O)c3c(O)cc(O[C@@H]4OC[C@@H](O)[C@H](O)[C@H]4O)c([C@@H]4O[C@H](CO)[C@@H](O)[C@H](O)[C@H]4O)c3o2)cc1. The van der Waals surface area contributed by atoms with E-state index in [0.717, 1.165) is 12.1 Å². The van der Waals surface area contributed by atoms with Gasteiger partial charge in [0.2, 0.25) is 6.29 Å². The Kier molecular flexibility index (Phi) is 8.20. The highest BCUT2D eigenvalue weighted by Gasteiger charge is 2.47. The van der Waals surface area contributed by atoms with Crippen molar-refractivity contribution in [2.75, 3.05) is 20.3 Å². The van der Waals surface area contributed by atoms with Gasteiger partial charge in [-0.3, -0.25) is 4.79 Å². The molecule has 1 aromatic heterocycles. The molecule has 0 spiro atoms. The molecule has 0 amide bonds. The zero-order chi connectivity index (χ0) is 29.6. The fraction of sp³-hybridized carbons (Fsp3) is 0.444. The maximum atomic E-state index is 13.3. The summed E-state index contributed by atoms with van der Waals surface area (Å²) in [6.45, 7) is -1.18. The van der Waals surface area contributed by atoms with Crippen LogP contribution in [-0.4, -0.2) is 110 Å². The summed E-state index contributed by atoms with van der Waals surface area (Å²) in [4.78, 5) is 13.3. The first-order valence-corrected chi connectivity index (χ1v) is 12.7. The first-order chi connectivity index (χ1) is 19.5. The minimum atomic E-state index is -1.86. The molecule has 222 valence electrons. The van der Waals surface area contributed by atoms with Gasteiger partial charge in [0.15, 0.2) is 11.0 Å². The first-order valence-electron chi connectivity index (χ1n) is 12.7. The van der Waals surface area contributed by atoms with E-state index < -0.39 is 79.5 Å². The van der Waals surface area contributed by atoms with Crippen LogP contribution in [0.3, 0.4) is 0 Å². The van der Waals surface area contributed by atoms with E-state index in [1.807, 2.05) is 0 Å². The van der Waals surface area contributed by atoms with Gasteiger partial charge in [0.1, 0.15) is 77.2 Å². The molecular formula is C27H30O14. The standard InChI is InChI=1S/C27H30O14/c1-37-11-4-2-10(3-5-11)15-6-12(29)18-13(30)7-16(41-27-24(36)20(32)14(31)9-38-27)19(25(18)39-15)26-23(35)22(34)21(33)17(8-28)40-26/h2-7,14,17,20-24,26-28,30-36H,8-9H2,1H3/t14-,17-,20+,21-,22+,23-,24-,26+,27+/m1/s1. The largest absolute Gasteiger partial charge is 0.507 e. The number of phenols is 1. The fourth-order valence-electron chi connectivity index (χ4n) is 4.92. The van der Waals surface area contributed by atoms with Crippen LogP contribution >= 0.6 is 0 Å². The maximum absolute atomic E-state index is 13.3. The maximum Gasteiger partial charge on any atom is 0.228 e. The van der Waals surface area contributed by atoms with Crippen molar-refractivity contribution in [3.63, 3.8) is 0 Å². The highest BCUT2D eigenvalue weighted by Crippen LogP contribution is 2.45. The van der Waals surface area contributed by atoms with Crippen LogP contribution in [0.2, 0.25) is 0 Å².